The Morgan fingerprint density at radius 1 is 1.22 bits per heavy atom. The molecule has 0 aliphatic heterocycles. The second kappa shape index (κ2) is 5.98. The number of rotatable bonds is 5. The number of aliphatic hydroxyl groups is 1. The lowest BCUT2D eigenvalue weighted by Crippen LogP contribution is -1.94. The number of nitrogens with zero attached hydrogens (tertiary/aromatic N) is 1. The van der Waals surface area contributed by atoms with Crippen LogP contribution in [0.4, 0.5) is 0 Å². The van der Waals surface area contributed by atoms with Crippen molar-refractivity contribution in [2.24, 2.45) is 0 Å². The topological polar surface area (TPSA) is 42.4 Å². The predicted molar refractivity (Wildman–Crippen MR) is 73.2 cm³/mol. The van der Waals surface area contributed by atoms with E-state index in [4.69, 9.17) is 9.84 Å². The lowest BCUT2D eigenvalue weighted by molar-refractivity contribution is 0.300. The molecule has 0 saturated heterocycles. The molecule has 1 heterocycles. The quantitative estimate of drug-likeness (QED) is 0.902. The normalized spacial score (nSPS) is 10.6. The summed E-state index contributed by atoms with van der Waals surface area (Å²) in [5.74, 6) is 0.858. The van der Waals surface area contributed by atoms with Gasteiger partial charge in [0.05, 0.1) is 5.69 Å². The van der Waals surface area contributed by atoms with Gasteiger partial charge < -0.3 is 9.84 Å². The molecule has 18 heavy (non-hydrogen) atoms. The third-order valence-electron chi connectivity index (χ3n) is 2.66. The first-order valence-corrected chi connectivity index (χ1v) is 6.76. The van der Waals surface area contributed by atoms with Crippen LogP contribution in [0.15, 0.2) is 24.3 Å². The fraction of sp³-hybridized carbons (Fsp3) is 0.357. The van der Waals surface area contributed by atoms with Crippen LogP contribution in [-0.2, 0) is 13.0 Å². The molecule has 1 aromatic heterocycles. The van der Waals surface area contributed by atoms with Gasteiger partial charge in [-0.05, 0) is 26.0 Å². The van der Waals surface area contributed by atoms with E-state index in [1.54, 1.807) is 11.3 Å². The van der Waals surface area contributed by atoms with Crippen LogP contribution in [0.25, 0.3) is 0 Å². The second-order valence-electron chi connectivity index (χ2n) is 4.19. The van der Waals surface area contributed by atoms with Crippen molar-refractivity contribution >= 4 is 11.3 Å². The van der Waals surface area contributed by atoms with Crippen molar-refractivity contribution in [2.75, 3.05) is 6.61 Å². The summed E-state index contributed by atoms with van der Waals surface area (Å²) < 4.78 is 5.68. The molecule has 0 atom stereocenters. The number of aromatic nitrogens is 1. The van der Waals surface area contributed by atoms with E-state index in [0.717, 1.165) is 21.3 Å². The van der Waals surface area contributed by atoms with Gasteiger partial charge in [-0.1, -0.05) is 17.7 Å². The lowest BCUT2D eigenvalue weighted by Gasteiger charge is -2.03. The summed E-state index contributed by atoms with van der Waals surface area (Å²) in [5, 5.41) is 9.89. The molecule has 0 amide bonds. The van der Waals surface area contributed by atoms with Crippen molar-refractivity contribution in [3.05, 3.63) is 45.4 Å². The number of hydrogen-bond acceptors (Lipinski definition) is 4. The molecular weight excluding hydrogens is 246 g/mol. The molecule has 0 unspecified atom stereocenters. The maximum atomic E-state index is 8.93. The van der Waals surface area contributed by atoms with E-state index in [1.165, 1.54) is 5.56 Å². The Balaban J connectivity index is 1.97. The Morgan fingerprint density at radius 3 is 2.61 bits per heavy atom. The highest BCUT2D eigenvalue weighted by Crippen LogP contribution is 2.20. The molecule has 0 aliphatic carbocycles. The van der Waals surface area contributed by atoms with Crippen molar-refractivity contribution in [3.8, 4) is 5.75 Å². The number of aryl methyl sites for hydroxylation is 2. The van der Waals surface area contributed by atoms with Crippen molar-refractivity contribution in [1.82, 2.24) is 4.98 Å². The van der Waals surface area contributed by atoms with Crippen LogP contribution in [0.1, 0.15) is 21.1 Å². The van der Waals surface area contributed by atoms with Gasteiger partial charge in [-0.3, -0.25) is 0 Å². The van der Waals surface area contributed by atoms with Crippen molar-refractivity contribution in [2.45, 2.75) is 26.9 Å². The van der Waals surface area contributed by atoms with Gasteiger partial charge in [0.1, 0.15) is 17.4 Å². The van der Waals surface area contributed by atoms with Crippen molar-refractivity contribution < 1.29 is 9.84 Å². The molecular formula is C14H17NO2S. The SMILES string of the molecule is Cc1ccc(OCc2nc(C)c(CCO)s2)cc1. The van der Waals surface area contributed by atoms with Crippen molar-refractivity contribution in [1.29, 1.82) is 0 Å². The molecule has 0 bridgehead atoms. The monoisotopic (exact) mass is 263 g/mol. The highest BCUT2D eigenvalue weighted by Gasteiger charge is 2.07. The molecule has 3 nitrogen and oxygen atoms in total. The zero-order valence-corrected chi connectivity index (χ0v) is 11.5. The van der Waals surface area contributed by atoms with Crippen LogP contribution in [0.3, 0.4) is 0 Å². The highest BCUT2D eigenvalue weighted by molar-refractivity contribution is 7.11. The van der Waals surface area contributed by atoms with E-state index in [1.807, 2.05) is 31.2 Å². The van der Waals surface area contributed by atoms with Gasteiger partial charge in [-0.25, -0.2) is 4.98 Å². The van der Waals surface area contributed by atoms with Crippen molar-refractivity contribution in [3.63, 3.8) is 0 Å². The number of aliphatic hydroxyl groups excluding tert-OH is 1. The minimum Gasteiger partial charge on any atom is -0.486 e. The maximum absolute atomic E-state index is 8.93. The van der Waals surface area contributed by atoms with E-state index in [9.17, 15) is 0 Å². The zero-order valence-electron chi connectivity index (χ0n) is 10.6. The zero-order chi connectivity index (χ0) is 13.0. The van der Waals surface area contributed by atoms with Gasteiger partial charge >= 0.3 is 0 Å². The fourth-order valence-electron chi connectivity index (χ4n) is 1.66. The first-order valence-electron chi connectivity index (χ1n) is 5.94. The number of benzene rings is 1. The van der Waals surface area contributed by atoms with E-state index in [0.29, 0.717) is 13.0 Å². The Morgan fingerprint density at radius 2 is 1.94 bits per heavy atom. The lowest BCUT2D eigenvalue weighted by atomic mass is 10.2. The summed E-state index contributed by atoms with van der Waals surface area (Å²) in [5.41, 5.74) is 2.22. The Kier molecular flexibility index (Phi) is 4.33. The molecule has 0 spiro atoms. The maximum Gasteiger partial charge on any atom is 0.140 e. The van der Waals surface area contributed by atoms with Crippen LogP contribution < -0.4 is 4.74 Å². The third-order valence-corrected chi connectivity index (χ3v) is 3.85. The van der Waals surface area contributed by atoms with Crippen LogP contribution in [0.2, 0.25) is 0 Å². The summed E-state index contributed by atoms with van der Waals surface area (Å²) in [6.07, 6.45) is 0.675. The molecule has 0 saturated carbocycles. The number of hydrogen-bond donors (Lipinski definition) is 1. The summed E-state index contributed by atoms with van der Waals surface area (Å²) >= 11 is 1.61. The average Bonchev–Trinajstić information content (AvgIpc) is 2.70. The molecule has 2 aromatic rings. The molecule has 0 radical (unpaired) electrons. The average molecular weight is 263 g/mol. The molecule has 2 rings (SSSR count). The third kappa shape index (κ3) is 3.31. The van der Waals surface area contributed by atoms with Gasteiger partial charge in [0, 0.05) is 17.9 Å². The minimum atomic E-state index is 0.168. The van der Waals surface area contributed by atoms with Crippen LogP contribution in [-0.4, -0.2) is 16.7 Å². The standard InChI is InChI=1S/C14H17NO2S/c1-10-3-5-12(6-4-10)17-9-14-15-11(2)13(18-14)7-8-16/h3-6,16H,7-9H2,1-2H3. The molecule has 0 aliphatic rings. The van der Waals surface area contributed by atoms with E-state index < -0.39 is 0 Å². The molecule has 1 aromatic carbocycles. The summed E-state index contributed by atoms with van der Waals surface area (Å²) in [6.45, 7) is 4.67. The van der Waals surface area contributed by atoms with Gasteiger partial charge in [0.2, 0.25) is 0 Å². The Labute approximate surface area is 111 Å². The molecule has 96 valence electrons. The van der Waals surface area contributed by atoms with Gasteiger partial charge in [-0.15, -0.1) is 11.3 Å². The molecule has 1 N–H and O–H groups in total. The smallest absolute Gasteiger partial charge is 0.140 e. The largest absolute Gasteiger partial charge is 0.486 e. The van der Waals surface area contributed by atoms with Crippen LogP contribution in [0.5, 0.6) is 5.75 Å². The van der Waals surface area contributed by atoms with Gasteiger partial charge in [-0.2, -0.15) is 0 Å². The van der Waals surface area contributed by atoms with Crippen LogP contribution >= 0.6 is 11.3 Å². The van der Waals surface area contributed by atoms with Gasteiger partial charge in [0.25, 0.3) is 0 Å². The highest BCUT2D eigenvalue weighted by atomic mass is 32.1. The summed E-state index contributed by atoms with van der Waals surface area (Å²) in [6, 6.07) is 7.98. The summed E-state index contributed by atoms with van der Waals surface area (Å²) in [7, 11) is 0. The predicted octanol–water partition coefficient (Wildman–Crippen LogP) is 2.87. The summed E-state index contributed by atoms with van der Waals surface area (Å²) in [4.78, 5) is 5.58. The second-order valence-corrected chi connectivity index (χ2v) is 5.36. The van der Waals surface area contributed by atoms with E-state index >= 15 is 0 Å². The van der Waals surface area contributed by atoms with E-state index in [2.05, 4.69) is 11.9 Å². The first kappa shape index (κ1) is 13.1. The Bertz CT molecular complexity index is 505. The minimum absolute atomic E-state index is 0.168. The number of ether oxygens (including phenoxy) is 1. The number of thiazole rings is 1. The van der Waals surface area contributed by atoms with Crippen LogP contribution in [0, 0.1) is 13.8 Å². The first-order chi connectivity index (χ1) is 8.69. The molecule has 4 heteroatoms. The van der Waals surface area contributed by atoms with E-state index in [-0.39, 0.29) is 6.61 Å². The molecule has 0 fully saturated rings. The fourth-order valence-corrected chi connectivity index (χ4v) is 2.63. The Hall–Kier alpha value is -1.39. The van der Waals surface area contributed by atoms with Gasteiger partial charge in [0.15, 0.2) is 0 Å².